The van der Waals surface area contributed by atoms with Crippen molar-refractivity contribution in [3.8, 4) is 32.0 Å². The van der Waals surface area contributed by atoms with Gasteiger partial charge in [-0.2, -0.15) is 0 Å². The first-order chi connectivity index (χ1) is 18.9. The average Bonchev–Trinajstić information content (AvgIpc) is 3.45. The Morgan fingerprint density at radius 3 is 1.12 bits per heavy atom. The van der Waals surface area contributed by atoms with Crippen LogP contribution in [-0.2, 0) is 10.8 Å². The second-order valence-electron chi connectivity index (χ2n) is 13.3. The van der Waals surface area contributed by atoms with Crippen LogP contribution in [0, 0.1) is 13.8 Å². The van der Waals surface area contributed by atoms with Crippen LogP contribution >= 0.6 is 22.7 Å². The largest absolute Gasteiger partial charge is 0.135 e. The van der Waals surface area contributed by atoms with E-state index in [0.29, 0.717) is 0 Å². The molecule has 0 saturated heterocycles. The highest BCUT2D eigenvalue weighted by molar-refractivity contribution is 7.24. The van der Waals surface area contributed by atoms with Crippen LogP contribution in [0.5, 0.6) is 0 Å². The minimum atomic E-state index is 0.131. The summed E-state index contributed by atoms with van der Waals surface area (Å²) >= 11 is 3.85. The van der Waals surface area contributed by atoms with E-state index >= 15 is 0 Å². The minimum Gasteiger partial charge on any atom is -0.135 e. The van der Waals surface area contributed by atoms with E-state index in [9.17, 15) is 0 Å². The zero-order valence-electron chi connectivity index (χ0n) is 24.9. The van der Waals surface area contributed by atoms with Gasteiger partial charge in [-0.05, 0) is 71.2 Å². The summed E-state index contributed by atoms with van der Waals surface area (Å²) in [7, 11) is 0. The molecule has 6 rings (SSSR count). The molecular formula is C38H38S2. The summed E-state index contributed by atoms with van der Waals surface area (Å²) in [6.07, 6.45) is 0. The Morgan fingerprint density at radius 1 is 0.450 bits per heavy atom. The number of hydrogen-bond donors (Lipinski definition) is 0. The van der Waals surface area contributed by atoms with E-state index in [0.717, 1.165) is 0 Å². The van der Waals surface area contributed by atoms with Gasteiger partial charge in [-0.3, -0.25) is 0 Å². The fourth-order valence-corrected chi connectivity index (χ4v) is 7.96. The Bertz CT molecular complexity index is 1710. The van der Waals surface area contributed by atoms with Gasteiger partial charge in [0.05, 0.1) is 0 Å². The summed E-state index contributed by atoms with van der Waals surface area (Å²) < 4.78 is 2.69. The van der Waals surface area contributed by atoms with E-state index in [-0.39, 0.29) is 10.8 Å². The minimum absolute atomic E-state index is 0.131. The highest BCUT2D eigenvalue weighted by Gasteiger charge is 2.24. The molecule has 202 valence electrons. The maximum absolute atomic E-state index is 2.39. The summed E-state index contributed by atoms with van der Waals surface area (Å²) in [5.41, 5.74) is 10.9. The third-order valence-corrected chi connectivity index (χ3v) is 10.4. The molecule has 6 aromatic rings. The van der Waals surface area contributed by atoms with Crippen molar-refractivity contribution in [1.29, 1.82) is 0 Å². The van der Waals surface area contributed by atoms with Gasteiger partial charge in [0.2, 0.25) is 0 Å². The Kier molecular flexibility index (Phi) is 6.56. The molecule has 0 N–H and O–H groups in total. The van der Waals surface area contributed by atoms with Gasteiger partial charge in [-0.15, -0.1) is 22.7 Å². The van der Waals surface area contributed by atoms with Crippen LogP contribution in [0.3, 0.4) is 0 Å². The predicted molar refractivity (Wildman–Crippen MR) is 180 cm³/mol. The molecule has 0 spiro atoms. The molecule has 0 nitrogen and oxygen atoms in total. The number of benzene rings is 4. The van der Waals surface area contributed by atoms with Crippen LogP contribution in [0.1, 0.15) is 63.8 Å². The molecule has 0 fully saturated rings. The molecule has 2 aromatic heterocycles. The molecule has 0 amide bonds. The number of fused-ring (bicyclic) bond motifs is 2. The smallest absolute Gasteiger partial charge is 0.0434 e. The predicted octanol–water partition coefficient (Wildman–Crippen LogP) is 12.3. The molecule has 0 aliphatic rings. The van der Waals surface area contributed by atoms with Crippen LogP contribution in [-0.4, -0.2) is 0 Å². The molecule has 0 unspecified atom stereocenters. The summed E-state index contributed by atoms with van der Waals surface area (Å²) in [6, 6.07) is 32.5. The summed E-state index contributed by atoms with van der Waals surface area (Å²) in [4.78, 5) is 2.71. The third-order valence-electron chi connectivity index (χ3n) is 7.96. The fourth-order valence-electron chi connectivity index (χ4n) is 5.57. The van der Waals surface area contributed by atoms with Crippen molar-refractivity contribution >= 4 is 42.8 Å². The maximum atomic E-state index is 2.39. The molecule has 40 heavy (non-hydrogen) atoms. The maximum Gasteiger partial charge on any atom is 0.0434 e. The van der Waals surface area contributed by atoms with Crippen LogP contribution in [0.25, 0.3) is 52.2 Å². The lowest BCUT2D eigenvalue weighted by Gasteiger charge is -2.19. The Morgan fingerprint density at radius 2 is 0.800 bits per heavy atom. The van der Waals surface area contributed by atoms with Crippen LogP contribution in [0.2, 0.25) is 0 Å². The van der Waals surface area contributed by atoms with Crippen LogP contribution in [0.15, 0.2) is 84.9 Å². The Labute approximate surface area is 247 Å². The van der Waals surface area contributed by atoms with Gasteiger partial charge in [0.1, 0.15) is 0 Å². The van der Waals surface area contributed by atoms with Gasteiger partial charge in [-0.1, -0.05) is 113 Å². The van der Waals surface area contributed by atoms with Gasteiger partial charge in [0, 0.05) is 41.1 Å². The molecule has 0 radical (unpaired) electrons. The molecule has 2 heterocycles. The molecular weight excluding hydrogens is 521 g/mol. The lowest BCUT2D eigenvalue weighted by molar-refractivity contribution is 0.590. The van der Waals surface area contributed by atoms with Gasteiger partial charge in [0.15, 0.2) is 0 Å². The lowest BCUT2D eigenvalue weighted by atomic mass is 9.85. The van der Waals surface area contributed by atoms with Crippen molar-refractivity contribution < 1.29 is 0 Å². The van der Waals surface area contributed by atoms with Crippen molar-refractivity contribution in [2.45, 2.75) is 66.2 Å². The highest BCUT2D eigenvalue weighted by Crippen LogP contribution is 2.53. The monoisotopic (exact) mass is 558 g/mol. The van der Waals surface area contributed by atoms with Gasteiger partial charge in [-0.25, -0.2) is 0 Å². The second kappa shape index (κ2) is 9.72. The van der Waals surface area contributed by atoms with E-state index in [2.05, 4.69) is 140 Å². The molecule has 0 aliphatic heterocycles. The number of thiophene rings is 2. The van der Waals surface area contributed by atoms with Crippen molar-refractivity contribution in [1.82, 2.24) is 0 Å². The van der Waals surface area contributed by atoms with Crippen molar-refractivity contribution in [3.05, 3.63) is 107 Å². The van der Waals surface area contributed by atoms with E-state index in [1.807, 2.05) is 22.7 Å². The third kappa shape index (κ3) is 4.82. The number of rotatable bonds is 3. The van der Waals surface area contributed by atoms with Crippen LogP contribution in [0.4, 0.5) is 0 Å². The molecule has 0 atom stereocenters. The molecule has 0 saturated carbocycles. The number of hydrogen-bond acceptors (Lipinski definition) is 2. The fraction of sp³-hybridized carbons (Fsp3) is 0.263. The summed E-state index contributed by atoms with van der Waals surface area (Å²) in [5, 5.41) is 2.71. The molecule has 0 bridgehead atoms. The number of aryl methyl sites for hydroxylation is 2. The van der Waals surface area contributed by atoms with E-state index < -0.39 is 0 Å². The Balaban J connectivity index is 1.67. The lowest BCUT2D eigenvalue weighted by Crippen LogP contribution is -2.10. The van der Waals surface area contributed by atoms with Gasteiger partial charge >= 0.3 is 0 Å². The van der Waals surface area contributed by atoms with Crippen LogP contribution < -0.4 is 0 Å². The first kappa shape index (κ1) is 27.0. The highest BCUT2D eigenvalue weighted by atomic mass is 32.1. The topological polar surface area (TPSA) is 0 Å². The van der Waals surface area contributed by atoms with E-state index in [4.69, 9.17) is 0 Å². The summed E-state index contributed by atoms with van der Waals surface area (Å²) in [6.45, 7) is 18.1. The first-order valence-corrected chi connectivity index (χ1v) is 15.8. The normalized spacial score (nSPS) is 12.5. The van der Waals surface area contributed by atoms with Crippen molar-refractivity contribution in [2.75, 3.05) is 0 Å². The second-order valence-corrected chi connectivity index (χ2v) is 15.4. The molecule has 2 heteroatoms. The average molecular weight is 559 g/mol. The quantitative estimate of drug-likeness (QED) is 0.203. The standard InChI is InChI=1S/C38H38S2/c1-23-9-19-31-29(21-23)33(35(39-31)25-11-15-27(16-12-25)37(3,4)5)34-30-22-24(2)10-20-32(30)40-36(34)26-13-17-28(18-14-26)38(6,7)8/h9-22H,1-8H3. The SMILES string of the molecule is Cc1ccc2sc(-c3ccc(C(C)(C)C)cc3)c(-c3c(-c4ccc(C(C)(C)C)cc4)sc4ccc(C)cc34)c2c1. The van der Waals surface area contributed by atoms with E-state index in [1.54, 1.807) is 0 Å². The Hall–Kier alpha value is -3.20. The van der Waals surface area contributed by atoms with Crippen molar-refractivity contribution in [2.24, 2.45) is 0 Å². The first-order valence-electron chi connectivity index (χ1n) is 14.2. The zero-order chi connectivity index (χ0) is 28.4. The van der Waals surface area contributed by atoms with Crippen molar-refractivity contribution in [3.63, 3.8) is 0 Å². The molecule has 4 aromatic carbocycles. The zero-order valence-corrected chi connectivity index (χ0v) is 26.5. The summed E-state index contributed by atoms with van der Waals surface area (Å²) in [5.74, 6) is 0. The van der Waals surface area contributed by atoms with Gasteiger partial charge < -0.3 is 0 Å². The van der Waals surface area contributed by atoms with Gasteiger partial charge in [0.25, 0.3) is 0 Å². The molecule has 0 aliphatic carbocycles. The van der Waals surface area contributed by atoms with E-state index in [1.165, 1.54) is 74.4 Å².